The number of ether oxygens (including phenoxy) is 1. The molecule has 1 aliphatic heterocycles. The van der Waals surface area contributed by atoms with Gasteiger partial charge in [0.2, 0.25) is 10.0 Å². The minimum atomic E-state index is -3.82. The highest BCUT2D eigenvalue weighted by Crippen LogP contribution is 2.27. The maximum absolute atomic E-state index is 13.0. The van der Waals surface area contributed by atoms with E-state index in [0.717, 1.165) is 5.56 Å². The molecule has 8 heteroatoms. The third kappa shape index (κ3) is 4.83. The molecule has 29 heavy (non-hydrogen) atoms. The molecule has 2 aromatic rings. The van der Waals surface area contributed by atoms with Crippen molar-refractivity contribution in [3.05, 3.63) is 60.2 Å². The summed E-state index contributed by atoms with van der Waals surface area (Å²) in [6.45, 7) is 3.57. The second-order valence-electron chi connectivity index (χ2n) is 7.02. The average molecular weight is 416 g/mol. The van der Waals surface area contributed by atoms with Crippen LogP contribution in [0.15, 0.2) is 59.5 Å². The molecule has 0 aromatic heterocycles. The number of nitrogens with zero attached hydrogens (tertiary/aromatic N) is 1. The molecule has 154 valence electrons. The van der Waals surface area contributed by atoms with Gasteiger partial charge in [-0.1, -0.05) is 35.9 Å². The van der Waals surface area contributed by atoms with Crippen molar-refractivity contribution in [3.8, 4) is 0 Å². The first-order chi connectivity index (χ1) is 13.8. The van der Waals surface area contributed by atoms with E-state index in [-0.39, 0.29) is 11.4 Å². The van der Waals surface area contributed by atoms with Gasteiger partial charge in [-0.15, -0.1) is 0 Å². The van der Waals surface area contributed by atoms with Crippen LogP contribution in [0.25, 0.3) is 0 Å². The molecule has 0 aliphatic carbocycles. The molecule has 1 heterocycles. The van der Waals surface area contributed by atoms with Gasteiger partial charge in [-0.2, -0.15) is 4.31 Å². The number of aryl methyl sites for hydroxylation is 1. The molecular formula is C21H24N2O5S. The van der Waals surface area contributed by atoms with Crippen molar-refractivity contribution >= 4 is 27.6 Å². The standard InChI is InChI=1S/C21H24N2O5S/c1-15-10-12-18(13-11-15)29(26,27)23-14-6-9-19(23)21(25)28-16(2)20(24)22-17-7-4-3-5-8-17/h3-5,7-8,10-13,16,19H,6,9,14H2,1-2H3,(H,22,24)/t16-,19-/m0/s1. The Kier molecular flexibility index (Phi) is 6.34. The Hall–Kier alpha value is -2.71. The molecular weight excluding hydrogens is 392 g/mol. The lowest BCUT2D eigenvalue weighted by molar-refractivity contribution is -0.156. The molecule has 0 saturated carbocycles. The van der Waals surface area contributed by atoms with Crippen LogP contribution >= 0.6 is 0 Å². The number of hydrogen-bond acceptors (Lipinski definition) is 5. The molecule has 1 amide bonds. The first-order valence-corrected chi connectivity index (χ1v) is 10.9. The van der Waals surface area contributed by atoms with Crippen LogP contribution in [0.2, 0.25) is 0 Å². The third-order valence-electron chi connectivity index (χ3n) is 4.81. The first-order valence-electron chi connectivity index (χ1n) is 9.44. The number of amides is 1. The summed E-state index contributed by atoms with van der Waals surface area (Å²) in [5.41, 5.74) is 1.53. The SMILES string of the molecule is Cc1ccc(S(=O)(=O)N2CCC[C@H]2C(=O)O[C@@H](C)C(=O)Nc2ccccc2)cc1. The van der Waals surface area contributed by atoms with Crippen molar-refractivity contribution in [2.24, 2.45) is 0 Å². The highest BCUT2D eigenvalue weighted by molar-refractivity contribution is 7.89. The Bertz CT molecular complexity index is 974. The normalized spacial score (nSPS) is 18.2. The molecule has 0 radical (unpaired) electrons. The Morgan fingerprint density at radius 1 is 1.10 bits per heavy atom. The Labute approximate surface area is 170 Å². The fraction of sp³-hybridized carbons (Fsp3) is 0.333. The van der Waals surface area contributed by atoms with Gasteiger partial charge in [-0.05, 0) is 51.0 Å². The summed E-state index contributed by atoms with van der Waals surface area (Å²) in [6.07, 6.45) is -0.140. The lowest BCUT2D eigenvalue weighted by atomic mass is 10.2. The fourth-order valence-corrected chi connectivity index (χ4v) is 4.83. The number of carbonyl (C=O) groups is 2. The Morgan fingerprint density at radius 3 is 2.41 bits per heavy atom. The van der Waals surface area contributed by atoms with E-state index in [1.54, 1.807) is 36.4 Å². The number of rotatable bonds is 6. The van der Waals surface area contributed by atoms with Gasteiger partial charge in [0.25, 0.3) is 5.91 Å². The van der Waals surface area contributed by atoms with Gasteiger partial charge in [-0.25, -0.2) is 8.42 Å². The van der Waals surface area contributed by atoms with Crippen molar-refractivity contribution < 1.29 is 22.7 Å². The van der Waals surface area contributed by atoms with E-state index >= 15 is 0 Å². The van der Waals surface area contributed by atoms with Gasteiger partial charge < -0.3 is 10.1 Å². The largest absolute Gasteiger partial charge is 0.451 e. The quantitative estimate of drug-likeness (QED) is 0.731. The molecule has 2 atom stereocenters. The summed E-state index contributed by atoms with van der Waals surface area (Å²) in [6, 6.07) is 14.4. The summed E-state index contributed by atoms with van der Waals surface area (Å²) in [5, 5.41) is 2.66. The molecule has 0 spiro atoms. The van der Waals surface area contributed by atoms with Crippen LogP contribution in [0.3, 0.4) is 0 Å². The van der Waals surface area contributed by atoms with E-state index in [1.165, 1.54) is 23.4 Å². The number of carbonyl (C=O) groups excluding carboxylic acids is 2. The second kappa shape index (κ2) is 8.75. The van der Waals surface area contributed by atoms with E-state index in [4.69, 9.17) is 4.74 Å². The zero-order valence-corrected chi connectivity index (χ0v) is 17.2. The van der Waals surface area contributed by atoms with Crippen LogP contribution < -0.4 is 5.32 Å². The number of sulfonamides is 1. The predicted molar refractivity (Wildman–Crippen MR) is 109 cm³/mol. The van der Waals surface area contributed by atoms with Gasteiger partial charge in [0.1, 0.15) is 6.04 Å². The maximum atomic E-state index is 13.0. The molecule has 3 rings (SSSR count). The Morgan fingerprint density at radius 2 is 1.76 bits per heavy atom. The van der Waals surface area contributed by atoms with E-state index < -0.39 is 34.0 Å². The predicted octanol–water partition coefficient (Wildman–Crippen LogP) is 2.72. The molecule has 2 aromatic carbocycles. The van der Waals surface area contributed by atoms with Crippen LogP contribution in [0.1, 0.15) is 25.3 Å². The van der Waals surface area contributed by atoms with E-state index in [0.29, 0.717) is 18.5 Å². The lowest BCUT2D eigenvalue weighted by Gasteiger charge is -2.24. The van der Waals surface area contributed by atoms with Crippen molar-refractivity contribution in [2.75, 3.05) is 11.9 Å². The number of benzene rings is 2. The van der Waals surface area contributed by atoms with Crippen LogP contribution in [-0.4, -0.2) is 43.3 Å². The van der Waals surface area contributed by atoms with E-state index in [1.807, 2.05) is 13.0 Å². The highest BCUT2D eigenvalue weighted by atomic mass is 32.2. The van der Waals surface area contributed by atoms with Crippen molar-refractivity contribution in [1.29, 1.82) is 0 Å². The van der Waals surface area contributed by atoms with E-state index in [2.05, 4.69) is 5.32 Å². The van der Waals surface area contributed by atoms with Crippen LogP contribution in [-0.2, 0) is 24.3 Å². The van der Waals surface area contributed by atoms with Crippen molar-refractivity contribution in [2.45, 2.75) is 43.7 Å². The average Bonchev–Trinajstić information content (AvgIpc) is 3.20. The first kappa shape index (κ1) is 21.0. The van der Waals surface area contributed by atoms with E-state index in [9.17, 15) is 18.0 Å². The molecule has 0 bridgehead atoms. The summed E-state index contributed by atoms with van der Waals surface area (Å²) >= 11 is 0. The van der Waals surface area contributed by atoms with Gasteiger partial charge in [0, 0.05) is 12.2 Å². The number of nitrogens with one attached hydrogen (secondary N) is 1. The highest BCUT2D eigenvalue weighted by Gasteiger charge is 2.41. The van der Waals surface area contributed by atoms with Crippen LogP contribution in [0, 0.1) is 6.92 Å². The van der Waals surface area contributed by atoms with Gasteiger partial charge in [0.05, 0.1) is 4.90 Å². The molecule has 1 aliphatic rings. The summed E-state index contributed by atoms with van der Waals surface area (Å²) in [5.74, 6) is -1.19. The van der Waals surface area contributed by atoms with Crippen LogP contribution in [0.4, 0.5) is 5.69 Å². The van der Waals surface area contributed by atoms with Gasteiger partial charge in [0.15, 0.2) is 6.10 Å². The molecule has 1 N–H and O–H groups in total. The van der Waals surface area contributed by atoms with Crippen molar-refractivity contribution in [3.63, 3.8) is 0 Å². The maximum Gasteiger partial charge on any atom is 0.325 e. The number of hydrogen-bond donors (Lipinski definition) is 1. The Balaban J connectivity index is 1.68. The lowest BCUT2D eigenvalue weighted by Crippen LogP contribution is -2.43. The fourth-order valence-electron chi connectivity index (χ4n) is 3.18. The van der Waals surface area contributed by atoms with Crippen molar-refractivity contribution in [1.82, 2.24) is 4.31 Å². The molecule has 1 saturated heterocycles. The van der Waals surface area contributed by atoms with Gasteiger partial charge in [-0.3, -0.25) is 9.59 Å². The summed E-state index contributed by atoms with van der Waals surface area (Å²) in [4.78, 5) is 25.1. The number of esters is 1. The molecule has 1 fully saturated rings. The zero-order valence-electron chi connectivity index (χ0n) is 16.4. The molecule has 7 nitrogen and oxygen atoms in total. The number of anilines is 1. The van der Waals surface area contributed by atoms with Gasteiger partial charge >= 0.3 is 5.97 Å². The second-order valence-corrected chi connectivity index (χ2v) is 8.91. The smallest absolute Gasteiger partial charge is 0.325 e. The topological polar surface area (TPSA) is 92.8 Å². The zero-order chi connectivity index (χ0) is 21.0. The third-order valence-corrected chi connectivity index (χ3v) is 6.73. The summed E-state index contributed by atoms with van der Waals surface area (Å²) < 4.78 is 32.4. The monoisotopic (exact) mass is 416 g/mol. The number of para-hydroxylation sites is 1. The minimum Gasteiger partial charge on any atom is -0.451 e. The van der Waals surface area contributed by atoms with Crippen LogP contribution in [0.5, 0.6) is 0 Å². The minimum absolute atomic E-state index is 0.137. The molecule has 0 unspecified atom stereocenters. The summed E-state index contributed by atoms with van der Waals surface area (Å²) in [7, 11) is -3.82.